The Hall–Kier alpha value is -1.89. The number of nitrogens with one attached hydrogen (secondary N) is 1. The van der Waals surface area contributed by atoms with Crippen LogP contribution < -0.4 is 5.32 Å². The number of aromatic nitrogens is 1. The van der Waals surface area contributed by atoms with Crippen molar-refractivity contribution in [1.29, 1.82) is 0 Å². The molecule has 16 heavy (non-hydrogen) atoms. The minimum atomic E-state index is -1.50. The number of hydrogen-bond donors (Lipinski definition) is 3. The molecule has 1 aromatic rings. The molecule has 1 amide bonds. The topological polar surface area (TPSA) is 113 Å². The van der Waals surface area contributed by atoms with E-state index in [0.29, 0.717) is 0 Å². The number of carbonyl (C=O) groups excluding carboxylic acids is 1. The Morgan fingerprint density at radius 3 is 2.81 bits per heavy atom. The van der Waals surface area contributed by atoms with Crippen molar-refractivity contribution in [1.82, 2.24) is 10.5 Å². The van der Waals surface area contributed by atoms with E-state index < -0.39 is 23.9 Å². The quantitative estimate of drug-likeness (QED) is 0.633. The molecule has 1 unspecified atom stereocenters. The first-order valence-corrected chi connectivity index (χ1v) is 4.54. The van der Waals surface area contributed by atoms with E-state index in [1.54, 1.807) is 0 Å². The van der Waals surface area contributed by atoms with Crippen molar-refractivity contribution >= 4 is 11.9 Å². The fourth-order valence-electron chi connectivity index (χ4n) is 1.08. The van der Waals surface area contributed by atoms with Crippen molar-refractivity contribution in [2.45, 2.75) is 18.9 Å². The molecule has 1 atom stereocenters. The molecule has 7 nitrogen and oxygen atoms in total. The highest BCUT2D eigenvalue weighted by atomic mass is 16.5. The van der Waals surface area contributed by atoms with E-state index in [-0.39, 0.29) is 12.3 Å². The number of aliphatic carboxylic acids is 1. The predicted molar refractivity (Wildman–Crippen MR) is 51.7 cm³/mol. The number of carboxylic acid groups (broad SMARTS) is 1. The summed E-state index contributed by atoms with van der Waals surface area (Å²) in [5.74, 6) is -1.69. The average molecular weight is 228 g/mol. The maximum absolute atomic E-state index is 11.3. The molecule has 7 heteroatoms. The molecular formula is C9H12N2O5. The van der Waals surface area contributed by atoms with Crippen LogP contribution in [0.2, 0.25) is 0 Å². The van der Waals surface area contributed by atoms with Gasteiger partial charge in [-0.1, -0.05) is 5.16 Å². The first-order chi connectivity index (χ1) is 7.41. The number of hydrogen-bond acceptors (Lipinski definition) is 5. The highest BCUT2D eigenvalue weighted by Gasteiger charge is 2.25. The molecule has 88 valence electrons. The zero-order valence-electron chi connectivity index (χ0n) is 8.64. The van der Waals surface area contributed by atoms with Crippen LogP contribution >= 0.6 is 0 Å². The van der Waals surface area contributed by atoms with Gasteiger partial charge < -0.3 is 20.1 Å². The predicted octanol–water partition coefficient (Wildman–Crippen LogP) is -0.370. The lowest BCUT2D eigenvalue weighted by Gasteiger charge is -2.20. The number of nitrogens with zero attached hydrogens (tertiary/aromatic N) is 1. The van der Waals surface area contributed by atoms with Gasteiger partial charge in [0.05, 0.1) is 18.2 Å². The summed E-state index contributed by atoms with van der Waals surface area (Å²) < 4.78 is 4.58. The van der Waals surface area contributed by atoms with E-state index in [0.717, 1.165) is 0 Å². The van der Waals surface area contributed by atoms with Crippen LogP contribution in [0.5, 0.6) is 0 Å². The largest absolute Gasteiger partial charge is 0.481 e. The Labute approximate surface area is 91.0 Å². The Kier molecular flexibility index (Phi) is 3.62. The summed E-state index contributed by atoms with van der Waals surface area (Å²) in [5, 5.41) is 23.8. The molecule has 0 aromatic carbocycles. The van der Waals surface area contributed by atoms with E-state index in [1.807, 2.05) is 0 Å². The van der Waals surface area contributed by atoms with Gasteiger partial charge in [0.25, 0.3) is 5.91 Å². The van der Waals surface area contributed by atoms with Gasteiger partial charge in [-0.2, -0.15) is 0 Å². The Morgan fingerprint density at radius 1 is 1.62 bits per heavy atom. The average Bonchev–Trinajstić information content (AvgIpc) is 2.64. The van der Waals surface area contributed by atoms with E-state index in [9.17, 15) is 14.7 Å². The van der Waals surface area contributed by atoms with Gasteiger partial charge in [-0.15, -0.1) is 0 Å². The van der Waals surface area contributed by atoms with Crippen molar-refractivity contribution < 1.29 is 24.3 Å². The second-order valence-electron chi connectivity index (χ2n) is 3.63. The minimum Gasteiger partial charge on any atom is -0.481 e. The maximum Gasteiger partial charge on any atom is 0.306 e. The fraction of sp³-hybridized carbons (Fsp3) is 0.444. The first kappa shape index (κ1) is 12.2. The summed E-state index contributed by atoms with van der Waals surface area (Å²) >= 11 is 0. The van der Waals surface area contributed by atoms with Gasteiger partial charge in [-0.3, -0.25) is 9.59 Å². The van der Waals surface area contributed by atoms with Gasteiger partial charge in [0, 0.05) is 12.6 Å². The second kappa shape index (κ2) is 4.75. The molecule has 0 saturated heterocycles. The van der Waals surface area contributed by atoms with Crippen LogP contribution in [0.15, 0.2) is 16.8 Å². The number of amides is 1. The molecule has 0 aliphatic carbocycles. The van der Waals surface area contributed by atoms with E-state index in [4.69, 9.17) is 5.11 Å². The van der Waals surface area contributed by atoms with Crippen LogP contribution in [-0.2, 0) is 4.79 Å². The van der Waals surface area contributed by atoms with Crippen molar-refractivity contribution in [2.24, 2.45) is 0 Å². The highest BCUT2D eigenvalue weighted by Crippen LogP contribution is 2.08. The zero-order chi connectivity index (χ0) is 12.2. The molecule has 0 spiro atoms. The third-order valence-electron chi connectivity index (χ3n) is 1.82. The van der Waals surface area contributed by atoms with Gasteiger partial charge in [0.15, 0.2) is 0 Å². The van der Waals surface area contributed by atoms with Crippen molar-refractivity contribution in [3.8, 4) is 0 Å². The molecular weight excluding hydrogens is 216 g/mol. The van der Waals surface area contributed by atoms with Crippen LogP contribution in [0.1, 0.15) is 23.9 Å². The summed E-state index contributed by atoms with van der Waals surface area (Å²) in [4.78, 5) is 21.7. The number of rotatable bonds is 5. The molecule has 3 N–H and O–H groups in total. The first-order valence-electron chi connectivity index (χ1n) is 4.54. The van der Waals surface area contributed by atoms with Crippen LogP contribution in [0.25, 0.3) is 0 Å². The van der Waals surface area contributed by atoms with Crippen LogP contribution in [-0.4, -0.2) is 39.4 Å². The molecule has 0 saturated carbocycles. The van der Waals surface area contributed by atoms with Gasteiger partial charge in [0.1, 0.15) is 0 Å². The molecule has 0 aliphatic heterocycles. The lowest BCUT2D eigenvalue weighted by molar-refractivity contribution is -0.141. The molecule has 1 rings (SSSR count). The SMILES string of the molecule is CC(O)(CNC(=O)c1ccno1)CC(=O)O. The standard InChI is InChI=1S/C9H12N2O5/c1-9(15,4-7(12)13)5-10-8(14)6-2-3-11-16-6/h2-3,15H,4-5H2,1H3,(H,10,14)(H,12,13). The van der Waals surface area contributed by atoms with Crippen LogP contribution in [0.3, 0.4) is 0 Å². The fourth-order valence-corrected chi connectivity index (χ4v) is 1.08. The highest BCUT2D eigenvalue weighted by molar-refractivity contribution is 5.91. The lowest BCUT2D eigenvalue weighted by atomic mass is 10.0. The molecule has 0 radical (unpaired) electrons. The number of aliphatic hydroxyl groups is 1. The summed E-state index contributed by atoms with van der Waals surface area (Å²) in [6.45, 7) is 1.14. The molecule has 0 bridgehead atoms. The molecule has 1 aromatic heterocycles. The van der Waals surface area contributed by atoms with Gasteiger partial charge in [-0.25, -0.2) is 0 Å². The van der Waals surface area contributed by atoms with Crippen molar-refractivity contribution in [2.75, 3.05) is 6.54 Å². The summed E-state index contributed by atoms with van der Waals surface area (Å²) in [5.41, 5.74) is -1.50. The molecule has 0 aliphatic rings. The third kappa shape index (κ3) is 3.70. The smallest absolute Gasteiger partial charge is 0.306 e. The Morgan fingerprint density at radius 2 is 2.31 bits per heavy atom. The third-order valence-corrected chi connectivity index (χ3v) is 1.82. The summed E-state index contributed by atoms with van der Waals surface area (Å²) in [7, 11) is 0. The lowest BCUT2D eigenvalue weighted by Crippen LogP contribution is -2.42. The monoisotopic (exact) mass is 228 g/mol. The van der Waals surface area contributed by atoms with E-state index >= 15 is 0 Å². The molecule has 1 heterocycles. The van der Waals surface area contributed by atoms with Gasteiger partial charge in [-0.05, 0) is 6.92 Å². The number of carbonyl (C=O) groups is 2. The second-order valence-corrected chi connectivity index (χ2v) is 3.63. The maximum atomic E-state index is 11.3. The van der Waals surface area contributed by atoms with Crippen LogP contribution in [0, 0.1) is 0 Å². The number of carboxylic acids is 1. The normalized spacial score (nSPS) is 14.1. The van der Waals surface area contributed by atoms with Crippen molar-refractivity contribution in [3.05, 3.63) is 18.0 Å². The minimum absolute atomic E-state index is 0.00567. The summed E-state index contributed by atoms with van der Waals surface area (Å²) in [6, 6.07) is 1.36. The zero-order valence-corrected chi connectivity index (χ0v) is 8.64. The van der Waals surface area contributed by atoms with Gasteiger partial charge in [0.2, 0.25) is 5.76 Å². The van der Waals surface area contributed by atoms with Gasteiger partial charge >= 0.3 is 5.97 Å². The Bertz CT molecular complexity index is 371. The van der Waals surface area contributed by atoms with Crippen molar-refractivity contribution in [3.63, 3.8) is 0 Å². The molecule has 0 fully saturated rings. The van der Waals surface area contributed by atoms with E-state index in [1.165, 1.54) is 19.2 Å². The Balaban J connectivity index is 2.45. The summed E-state index contributed by atoms with van der Waals surface area (Å²) in [6.07, 6.45) is 0.855. The van der Waals surface area contributed by atoms with Crippen LogP contribution in [0.4, 0.5) is 0 Å². The van der Waals surface area contributed by atoms with E-state index in [2.05, 4.69) is 15.0 Å².